The minimum atomic E-state index is -1.98. The number of hydrogen-bond acceptors (Lipinski definition) is 14. The lowest BCUT2D eigenvalue weighted by Gasteiger charge is -2.33. The Kier molecular flexibility index (Phi) is 15.9. The fourth-order valence-electron chi connectivity index (χ4n) is 8.73. The Bertz CT molecular complexity index is 2870. The monoisotopic (exact) mass is 993 g/mol. The highest BCUT2D eigenvalue weighted by atomic mass is 16.6. The lowest BCUT2D eigenvalue weighted by Crippen LogP contribution is -2.51. The van der Waals surface area contributed by atoms with E-state index in [1.54, 1.807) is 66.9 Å². The summed E-state index contributed by atoms with van der Waals surface area (Å²) in [6.07, 6.45) is -0.247. The first-order valence-corrected chi connectivity index (χ1v) is 23.8. The molecule has 382 valence electrons. The molecule has 4 aromatic rings. The van der Waals surface area contributed by atoms with E-state index >= 15 is 0 Å². The quantitative estimate of drug-likeness (QED) is 0.0577. The number of esters is 1. The van der Waals surface area contributed by atoms with Gasteiger partial charge in [0.15, 0.2) is 5.60 Å². The number of primary amides is 1. The van der Waals surface area contributed by atoms with Crippen LogP contribution in [0.5, 0.6) is 5.75 Å². The molecule has 1 fully saturated rings. The third-order valence-electron chi connectivity index (χ3n) is 13.0. The fraction of sp³-hybridized carbons (Fsp3) is 0.440. The second-order valence-corrected chi connectivity index (χ2v) is 18.4. The molecule has 72 heavy (non-hydrogen) atoms. The average molecular weight is 994 g/mol. The molecule has 0 aliphatic carbocycles. The van der Waals surface area contributed by atoms with Gasteiger partial charge in [0, 0.05) is 73.7 Å². The van der Waals surface area contributed by atoms with Gasteiger partial charge in [-0.25, -0.2) is 24.2 Å². The van der Waals surface area contributed by atoms with E-state index in [1.807, 2.05) is 6.92 Å². The number of aliphatic hydroxyl groups is 1. The van der Waals surface area contributed by atoms with Crippen molar-refractivity contribution in [3.05, 3.63) is 86.7 Å². The summed E-state index contributed by atoms with van der Waals surface area (Å²) >= 11 is 0. The van der Waals surface area contributed by atoms with Crippen molar-refractivity contribution in [2.75, 3.05) is 38.0 Å². The fourth-order valence-corrected chi connectivity index (χ4v) is 8.73. The van der Waals surface area contributed by atoms with Gasteiger partial charge in [0.05, 0.1) is 29.0 Å². The number of urea groups is 1. The van der Waals surface area contributed by atoms with Gasteiger partial charge in [-0.15, -0.1) is 0 Å². The van der Waals surface area contributed by atoms with E-state index in [-0.39, 0.29) is 112 Å². The third kappa shape index (κ3) is 11.7. The molecule has 22 nitrogen and oxygen atoms in total. The van der Waals surface area contributed by atoms with Crippen molar-refractivity contribution in [1.29, 1.82) is 0 Å². The Balaban J connectivity index is 0.891. The molecule has 0 spiro atoms. The Hall–Kier alpha value is -7.88. The average Bonchev–Trinajstić information content (AvgIpc) is 3.72. The second-order valence-electron chi connectivity index (χ2n) is 18.4. The smallest absolute Gasteiger partial charge is 0.415 e. The second kappa shape index (κ2) is 22.0. The van der Waals surface area contributed by atoms with Gasteiger partial charge < -0.3 is 60.7 Å². The van der Waals surface area contributed by atoms with Crippen LogP contribution >= 0.6 is 0 Å². The summed E-state index contributed by atoms with van der Waals surface area (Å²) in [7, 11) is 0. The van der Waals surface area contributed by atoms with Gasteiger partial charge in [-0.3, -0.25) is 24.0 Å². The Morgan fingerprint density at radius 1 is 0.889 bits per heavy atom. The van der Waals surface area contributed by atoms with Gasteiger partial charge in [0.2, 0.25) is 17.7 Å². The third-order valence-corrected chi connectivity index (χ3v) is 13.0. The van der Waals surface area contributed by atoms with Crippen LogP contribution in [0.25, 0.3) is 22.3 Å². The Morgan fingerprint density at radius 3 is 2.25 bits per heavy atom. The standard InChI is InChI=1S/C50H59N9O13/c1-6-32-33-22-31(13-14-37(33)55-42-34(32)24-59-39(42)23-36-35(45(59)64)26-70-46(65)50(36,5)69)72-49(68)58-20-18-57(19-21-58)48(67)71-25-29-9-11-30(12-10-29)54-44(63)38(8-7-17-52-47(51)66)56-43(62)28(4)53-41(61)16-15-40(60)27(2)3/h9-14,22-23,27-28,38,69H,6-8,15-21,24-26H2,1-5H3,(H,53,61)(H,54,63)(H,56,62)(H3,51,52,66)/t28-,38-,50-/m0/s1. The van der Waals surface area contributed by atoms with Crippen LogP contribution in [0.1, 0.15) is 88.1 Å². The molecule has 2 aromatic heterocycles. The van der Waals surface area contributed by atoms with Crippen molar-refractivity contribution in [2.45, 2.75) is 104 Å². The molecule has 7 amide bonds. The molecule has 0 bridgehead atoms. The van der Waals surface area contributed by atoms with Crippen molar-refractivity contribution in [3.8, 4) is 17.1 Å². The molecule has 0 unspecified atom stereocenters. The molecule has 2 aromatic carbocycles. The van der Waals surface area contributed by atoms with Crippen LogP contribution in [0.3, 0.4) is 0 Å². The number of aromatic nitrogens is 2. The number of pyridine rings is 2. The number of benzene rings is 2. The van der Waals surface area contributed by atoms with Crippen LogP contribution in [0.4, 0.5) is 20.1 Å². The van der Waals surface area contributed by atoms with E-state index in [4.69, 9.17) is 24.9 Å². The number of Topliss-reactive ketones (excluding diaryl/α,β-unsaturated/α-hetero) is 1. The number of piperazine rings is 1. The largest absolute Gasteiger partial charge is 0.458 e. The summed E-state index contributed by atoms with van der Waals surface area (Å²) in [5.74, 6) is -2.51. The maximum absolute atomic E-state index is 13.6. The first-order chi connectivity index (χ1) is 34.2. The van der Waals surface area contributed by atoms with Gasteiger partial charge in [0.25, 0.3) is 5.56 Å². The van der Waals surface area contributed by atoms with E-state index in [2.05, 4.69) is 21.3 Å². The van der Waals surface area contributed by atoms with Crippen LogP contribution in [-0.2, 0) is 65.2 Å². The maximum atomic E-state index is 13.6. The number of aryl methyl sites for hydroxylation is 1. The number of ketones is 1. The number of rotatable bonds is 17. The summed E-state index contributed by atoms with van der Waals surface area (Å²) in [4.78, 5) is 122. The zero-order valence-electron chi connectivity index (χ0n) is 40.8. The van der Waals surface area contributed by atoms with Gasteiger partial charge in [-0.05, 0) is 80.6 Å². The number of nitrogens with zero attached hydrogens (tertiary/aromatic N) is 4. The molecule has 22 heteroatoms. The number of anilines is 1. The first-order valence-electron chi connectivity index (χ1n) is 23.8. The summed E-state index contributed by atoms with van der Waals surface area (Å²) in [5.41, 5.74) is 7.60. The van der Waals surface area contributed by atoms with Crippen LogP contribution in [0.2, 0.25) is 0 Å². The SMILES string of the molecule is CCc1c2c(nc3ccc(OC(=O)N4CCN(C(=O)OCc5ccc(NC(=O)[C@H](CCCNC(N)=O)NC(=O)[C@H](C)NC(=O)CCC(=O)C(C)C)cc5)CC4)cc13)-c1cc3c(c(=O)n1C2)COC(=O)[C@@]3(C)O. The zero-order chi connectivity index (χ0) is 52.0. The highest BCUT2D eigenvalue weighted by Gasteiger charge is 2.43. The van der Waals surface area contributed by atoms with Crippen molar-refractivity contribution in [2.24, 2.45) is 11.7 Å². The molecule has 1 saturated heterocycles. The van der Waals surface area contributed by atoms with Crippen LogP contribution < -0.4 is 37.3 Å². The molecule has 3 aliphatic rings. The molecule has 7 rings (SSSR count). The highest BCUT2D eigenvalue weighted by molar-refractivity contribution is 5.98. The molecule has 3 aliphatic heterocycles. The molecule has 5 heterocycles. The number of nitrogens with two attached hydrogens (primary N) is 1. The van der Waals surface area contributed by atoms with E-state index < -0.39 is 59.6 Å². The Morgan fingerprint density at radius 2 is 1.58 bits per heavy atom. The molecular formula is C50H59N9O13. The summed E-state index contributed by atoms with van der Waals surface area (Å²) in [5, 5.41) is 22.1. The summed E-state index contributed by atoms with van der Waals surface area (Å²) in [6, 6.07) is 10.4. The normalized spacial score (nSPS) is 16.6. The van der Waals surface area contributed by atoms with E-state index in [0.717, 1.165) is 16.5 Å². The number of amides is 7. The van der Waals surface area contributed by atoms with Crippen molar-refractivity contribution < 1.29 is 57.7 Å². The minimum absolute atomic E-state index is 0.0393. The number of ether oxygens (including phenoxy) is 3. The van der Waals surface area contributed by atoms with Crippen LogP contribution in [0.15, 0.2) is 53.3 Å². The Labute approximate surface area is 413 Å². The molecular weight excluding hydrogens is 935 g/mol. The summed E-state index contributed by atoms with van der Waals surface area (Å²) in [6.45, 7) is 9.01. The predicted octanol–water partition coefficient (Wildman–Crippen LogP) is 3.09. The first kappa shape index (κ1) is 52.0. The van der Waals surface area contributed by atoms with Crippen molar-refractivity contribution in [3.63, 3.8) is 0 Å². The number of fused-ring (bicyclic) bond motifs is 5. The minimum Gasteiger partial charge on any atom is -0.458 e. The van der Waals surface area contributed by atoms with E-state index in [1.165, 1.54) is 23.6 Å². The lowest BCUT2D eigenvalue weighted by molar-refractivity contribution is -0.169. The molecule has 3 atom stereocenters. The van der Waals surface area contributed by atoms with Gasteiger partial charge in [-0.1, -0.05) is 32.9 Å². The topological polar surface area (TPSA) is 300 Å². The van der Waals surface area contributed by atoms with E-state index in [0.29, 0.717) is 34.6 Å². The summed E-state index contributed by atoms with van der Waals surface area (Å²) < 4.78 is 18.0. The van der Waals surface area contributed by atoms with Crippen molar-refractivity contribution in [1.82, 2.24) is 35.3 Å². The van der Waals surface area contributed by atoms with Gasteiger partial charge >= 0.3 is 24.2 Å². The molecule has 7 N–H and O–H groups in total. The number of nitrogens with one attached hydrogen (secondary N) is 4. The van der Waals surface area contributed by atoms with Crippen LogP contribution in [-0.4, -0.2) is 117 Å². The van der Waals surface area contributed by atoms with Gasteiger partial charge in [-0.2, -0.15) is 0 Å². The predicted molar refractivity (Wildman–Crippen MR) is 259 cm³/mol. The van der Waals surface area contributed by atoms with Crippen molar-refractivity contribution >= 4 is 64.3 Å². The maximum Gasteiger partial charge on any atom is 0.415 e. The number of carbonyl (C=O) groups excluding carboxylic acids is 8. The zero-order valence-corrected chi connectivity index (χ0v) is 40.8. The number of hydrogen-bond donors (Lipinski definition) is 6. The molecule has 0 saturated carbocycles. The highest BCUT2D eigenvalue weighted by Crippen LogP contribution is 2.40. The van der Waals surface area contributed by atoms with Gasteiger partial charge in [0.1, 0.15) is 36.8 Å². The molecule has 0 radical (unpaired) electrons. The number of carbonyl (C=O) groups is 8. The lowest BCUT2D eigenvalue weighted by atomic mass is 9.89. The van der Waals surface area contributed by atoms with Crippen LogP contribution in [0, 0.1) is 5.92 Å². The number of cyclic esters (lactones) is 1. The van der Waals surface area contributed by atoms with E-state index in [9.17, 15) is 48.3 Å².